The van der Waals surface area contributed by atoms with Crippen molar-refractivity contribution < 1.29 is 27.5 Å². The zero-order valence-corrected chi connectivity index (χ0v) is 15.2. The summed E-state index contributed by atoms with van der Waals surface area (Å²) in [5.74, 6) is -1.27. The van der Waals surface area contributed by atoms with Crippen LogP contribution in [-0.2, 0) is 19.4 Å². The Labute approximate surface area is 151 Å². The first-order valence-corrected chi connectivity index (χ1v) is 9.41. The molecule has 0 radical (unpaired) electrons. The number of esters is 2. The molecule has 8 heteroatoms. The summed E-state index contributed by atoms with van der Waals surface area (Å²) in [5, 5.41) is 2.94. The van der Waals surface area contributed by atoms with Gasteiger partial charge < -0.3 is 14.8 Å². The maximum Gasteiger partial charge on any atom is 0.341 e. The third-order valence-corrected chi connectivity index (χ3v) is 5.17. The van der Waals surface area contributed by atoms with E-state index in [1.165, 1.54) is 26.2 Å². The number of nitrogens with one attached hydrogen (secondary N) is 1. The molecule has 2 aromatic carbocycles. The van der Waals surface area contributed by atoms with E-state index in [-0.39, 0.29) is 28.5 Å². The number of hydrogen-bond donors (Lipinski definition) is 1. The topological polar surface area (TPSA) is 98.8 Å². The summed E-state index contributed by atoms with van der Waals surface area (Å²) in [6, 6.07) is 12.6. The number of methoxy groups -OCH3 is 1. The highest BCUT2D eigenvalue weighted by Crippen LogP contribution is 2.24. The van der Waals surface area contributed by atoms with Crippen molar-refractivity contribution in [2.75, 3.05) is 24.7 Å². The van der Waals surface area contributed by atoms with Crippen LogP contribution in [-0.4, -0.2) is 39.8 Å². The van der Waals surface area contributed by atoms with Crippen LogP contribution in [0.2, 0.25) is 0 Å². The van der Waals surface area contributed by atoms with E-state index in [4.69, 9.17) is 4.74 Å². The molecular weight excluding hydrogens is 358 g/mol. The molecular formula is C18H19NO6S. The first-order valence-electron chi connectivity index (χ1n) is 7.76. The van der Waals surface area contributed by atoms with Crippen LogP contribution in [0.1, 0.15) is 17.3 Å². The van der Waals surface area contributed by atoms with E-state index >= 15 is 0 Å². The van der Waals surface area contributed by atoms with Crippen LogP contribution in [0.4, 0.5) is 5.69 Å². The standard InChI is InChI=1S/C18H19NO6S/c1-13(20)25-17-9-8-14(12-16(17)18(21)24-2)19-10-11-26(22,23)15-6-4-3-5-7-15/h3-9,12,19H,10-11H2,1-2H3. The monoisotopic (exact) mass is 377 g/mol. The number of carbonyl (C=O) groups is 2. The Morgan fingerprint density at radius 2 is 1.77 bits per heavy atom. The molecule has 0 aliphatic rings. The molecule has 138 valence electrons. The Balaban J connectivity index is 2.10. The molecule has 2 aromatic rings. The maximum absolute atomic E-state index is 12.2. The highest BCUT2D eigenvalue weighted by molar-refractivity contribution is 7.91. The summed E-state index contributed by atoms with van der Waals surface area (Å²) >= 11 is 0. The molecule has 0 aliphatic heterocycles. The summed E-state index contributed by atoms with van der Waals surface area (Å²) in [5.41, 5.74) is 0.572. The van der Waals surface area contributed by atoms with E-state index in [1.807, 2.05) is 0 Å². The Bertz CT molecular complexity index is 893. The third kappa shape index (κ3) is 5.06. The van der Waals surface area contributed by atoms with Gasteiger partial charge in [0.1, 0.15) is 11.3 Å². The average molecular weight is 377 g/mol. The van der Waals surface area contributed by atoms with Crippen LogP contribution in [0.3, 0.4) is 0 Å². The smallest absolute Gasteiger partial charge is 0.341 e. The van der Waals surface area contributed by atoms with Crippen LogP contribution in [0.15, 0.2) is 53.4 Å². The van der Waals surface area contributed by atoms with Crippen molar-refractivity contribution in [3.05, 3.63) is 54.1 Å². The minimum absolute atomic E-state index is 0.0682. The van der Waals surface area contributed by atoms with Crippen molar-refractivity contribution in [3.63, 3.8) is 0 Å². The molecule has 0 heterocycles. The van der Waals surface area contributed by atoms with Crippen molar-refractivity contribution in [2.24, 2.45) is 0 Å². The van der Waals surface area contributed by atoms with Crippen LogP contribution in [0.25, 0.3) is 0 Å². The van der Waals surface area contributed by atoms with Crippen LogP contribution < -0.4 is 10.1 Å². The molecule has 0 bridgehead atoms. The van der Waals surface area contributed by atoms with Gasteiger partial charge in [0.15, 0.2) is 9.84 Å². The normalized spacial score (nSPS) is 10.8. The van der Waals surface area contributed by atoms with Gasteiger partial charge in [-0.25, -0.2) is 13.2 Å². The molecule has 7 nitrogen and oxygen atoms in total. The summed E-state index contributed by atoms with van der Waals surface area (Å²) in [6.45, 7) is 1.37. The number of benzene rings is 2. The van der Waals surface area contributed by atoms with Crippen LogP contribution in [0.5, 0.6) is 5.75 Å². The first-order chi connectivity index (χ1) is 12.3. The van der Waals surface area contributed by atoms with E-state index in [1.54, 1.807) is 36.4 Å². The second-order valence-corrected chi connectivity index (χ2v) is 7.46. The maximum atomic E-state index is 12.2. The molecule has 26 heavy (non-hydrogen) atoms. The van der Waals surface area contributed by atoms with Crippen molar-refractivity contribution in [3.8, 4) is 5.75 Å². The van der Waals surface area contributed by atoms with Gasteiger partial charge in [0, 0.05) is 19.2 Å². The summed E-state index contributed by atoms with van der Waals surface area (Å²) in [7, 11) is -2.19. The van der Waals surface area contributed by atoms with Gasteiger partial charge in [0.2, 0.25) is 0 Å². The van der Waals surface area contributed by atoms with E-state index in [2.05, 4.69) is 10.1 Å². The largest absolute Gasteiger partial charge is 0.465 e. The molecule has 2 rings (SSSR count). The van der Waals surface area contributed by atoms with Crippen LogP contribution in [0, 0.1) is 0 Å². The molecule has 0 amide bonds. The number of anilines is 1. The van der Waals surface area contributed by atoms with E-state index in [0.29, 0.717) is 5.69 Å². The number of rotatable bonds is 7. The minimum Gasteiger partial charge on any atom is -0.465 e. The summed E-state index contributed by atoms with van der Waals surface area (Å²) in [4.78, 5) is 23.2. The van der Waals surface area contributed by atoms with Gasteiger partial charge in [0.25, 0.3) is 0 Å². The fourth-order valence-corrected chi connectivity index (χ4v) is 3.41. The minimum atomic E-state index is -3.41. The second kappa shape index (κ2) is 8.48. The highest BCUT2D eigenvalue weighted by Gasteiger charge is 2.17. The molecule has 0 saturated carbocycles. The quantitative estimate of drug-likeness (QED) is 0.584. The van der Waals surface area contributed by atoms with Gasteiger partial charge in [0.05, 0.1) is 17.8 Å². The lowest BCUT2D eigenvalue weighted by atomic mass is 10.1. The molecule has 0 unspecified atom stereocenters. The Hall–Kier alpha value is -2.87. The molecule has 0 aromatic heterocycles. The lowest BCUT2D eigenvalue weighted by Gasteiger charge is -2.11. The number of sulfone groups is 1. The predicted molar refractivity (Wildman–Crippen MR) is 96.1 cm³/mol. The van der Waals surface area contributed by atoms with Gasteiger partial charge in [-0.3, -0.25) is 4.79 Å². The molecule has 1 N–H and O–H groups in total. The molecule has 0 aliphatic carbocycles. The van der Waals surface area contributed by atoms with Gasteiger partial charge in [-0.2, -0.15) is 0 Å². The molecule has 0 atom stereocenters. The lowest BCUT2D eigenvalue weighted by Crippen LogP contribution is -2.16. The SMILES string of the molecule is COC(=O)c1cc(NCCS(=O)(=O)c2ccccc2)ccc1OC(C)=O. The second-order valence-electron chi connectivity index (χ2n) is 5.35. The summed E-state index contributed by atoms with van der Waals surface area (Å²) < 4.78 is 34.1. The zero-order chi connectivity index (χ0) is 19.2. The van der Waals surface area contributed by atoms with Gasteiger partial charge in [-0.15, -0.1) is 0 Å². The van der Waals surface area contributed by atoms with Crippen molar-refractivity contribution >= 4 is 27.5 Å². The van der Waals surface area contributed by atoms with Gasteiger partial charge in [-0.1, -0.05) is 18.2 Å². The Kier molecular flexibility index (Phi) is 6.35. The fraction of sp³-hybridized carbons (Fsp3) is 0.222. The number of hydrogen-bond acceptors (Lipinski definition) is 7. The van der Waals surface area contributed by atoms with Crippen LogP contribution >= 0.6 is 0 Å². The Morgan fingerprint density at radius 1 is 1.08 bits per heavy atom. The number of carbonyl (C=O) groups excluding carboxylic acids is 2. The molecule has 0 fully saturated rings. The number of ether oxygens (including phenoxy) is 2. The predicted octanol–water partition coefficient (Wildman–Crippen LogP) is 2.28. The first kappa shape index (κ1) is 19.5. The molecule has 0 spiro atoms. The lowest BCUT2D eigenvalue weighted by molar-refractivity contribution is -0.131. The van der Waals surface area contributed by atoms with Crippen molar-refractivity contribution in [1.29, 1.82) is 0 Å². The van der Waals surface area contributed by atoms with Crippen molar-refractivity contribution in [1.82, 2.24) is 0 Å². The zero-order valence-electron chi connectivity index (χ0n) is 14.4. The fourth-order valence-electron chi connectivity index (χ4n) is 2.23. The van der Waals surface area contributed by atoms with Gasteiger partial charge in [-0.05, 0) is 30.3 Å². The Morgan fingerprint density at radius 3 is 2.38 bits per heavy atom. The molecule has 0 saturated heterocycles. The van der Waals surface area contributed by atoms with E-state index in [9.17, 15) is 18.0 Å². The average Bonchev–Trinajstić information content (AvgIpc) is 2.62. The third-order valence-electron chi connectivity index (χ3n) is 3.44. The van der Waals surface area contributed by atoms with Gasteiger partial charge >= 0.3 is 11.9 Å². The summed E-state index contributed by atoms with van der Waals surface area (Å²) in [6.07, 6.45) is 0. The van der Waals surface area contributed by atoms with E-state index < -0.39 is 21.8 Å². The highest BCUT2D eigenvalue weighted by atomic mass is 32.2. The van der Waals surface area contributed by atoms with E-state index in [0.717, 1.165) is 0 Å². The van der Waals surface area contributed by atoms with Crippen molar-refractivity contribution in [2.45, 2.75) is 11.8 Å².